The number of benzene rings is 1. The fraction of sp³-hybridized carbons (Fsp3) is 0.364. The Bertz CT molecular complexity index is 1020. The standard InChI is InChI=1S/C22H26N6O2/c1-15(2)28-14-20(25-26-28)19-12-18(13-24-22(19)23)17-5-3-16(4-6-17)11-21(29)27-7-9-30-10-8-27/h3-6,12-15H,7-11H2,1-2H3,(H2,23,24). The average molecular weight is 406 g/mol. The van der Waals surface area contributed by atoms with Gasteiger partial charge in [0.15, 0.2) is 0 Å². The van der Waals surface area contributed by atoms with Crippen LogP contribution in [0.15, 0.2) is 42.7 Å². The number of nitrogens with two attached hydrogens (primary N) is 1. The third kappa shape index (κ3) is 4.33. The first-order chi connectivity index (χ1) is 14.5. The van der Waals surface area contributed by atoms with Crippen LogP contribution in [0.5, 0.6) is 0 Å². The summed E-state index contributed by atoms with van der Waals surface area (Å²) in [6.07, 6.45) is 4.02. The van der Waals surface area contributed by atoms with E-state index in [-0.39, 0.29) is 11.9 Å². The van der Waals surface area contributed by atoms with Crippen molar-refractivity contribution in [1.29, 1.82) is 0 Å². The molecule has 3 aromatic rings. The molecule has 0 atom stereocenters. The third-order valence-electron chi connectivity index (χ3n) is 5.24. The van der Waals surface area contributed by atoms with Crippen molar-refractivity contribution in [3.05, 3.63) is 48.3 Å². The highest BCUT2D eigenvalue weighted by Gasteiger charge is 2.17. The van der Waals surface area contributed by atoms with Gasteiger partial charge in [-0.05, 0) is 31.0 Å². The summed E-state index contributed by atoms with van der Waals surface area (Å²) in [6, 6.07) is 10.2. The zero-order valence-corrected chi connectivity index (χ0v) is 17.3. The van der Waals surface area contributed by atoms with Gasteiger partial charge in [-0.2, -0.15) is 0 Å². The van der Waals surface area contributed by atoms with Gasteiger partial charge in [-0.3, -0.25) is 4.79 Å². The van der Waals surface area contributed by atoms with Gasteiger partial charge in [0.25, 0.3) is 0 Å². The molecule has 0 bridgehead atoms. The van der Waals surface area contributed by atoms with E-state index < -0.39 is 0 Å². The van der Waals surface area contributed by atoms with Crippen molar-refractivity contribution in [2.45, 2.75) is 26.3 Å². The molecule has 0 unspecified atom stereocenters. The quantitative estimate of drug-likeness (QED) is 0.699. The molecule has 2 aromatic heterocycles. The van der Waals surface area contributed by atoms with Crippen LogP contribution in [-0.4, -0.2) is 57.1 Å². The second-order valence-electron chi connectivity index (χ2n) is 7.70. The molecule has 0 aliphatic carbocycles. The van der Waals surface area contributed by atoms with Gasteiger partial charge in [-0.1, -0.05) is 29.5 Å². The summed E-state index contributed by atoms with van der Waals surface area (Å²) in [5.74, 6) is 0.554. The van der Waals surface area contributed by atoms with E-state index in [1.807, 2.05) is 55.3 Å². The van der Waals surface area contributed by atoms with Crippen LogP contribution < -0.4 is 5.73 Å². The second kappa shape index (κ2) is 8.62. The van der Waals surface area contributed by atoms with Crippen LogP contribution >= 0.6 is 0 Å². The molecule has 4 rings (SSSR count). The highest BCUT2D eigenvalue weighted by Crippen LogP contribution is 2.29. The number of hydrogen-bond donors (Lipinski definition) is 1. The second-order valence-corrected chi connectivity index (χ2v) is 7.70. The van der Waals surface area contributed by atoms with Gasteiger partial charge in [0.05, 0.1) is 25.8 Å². The Morgan fingerprint density at radius 2 is 1.90 bits per heavy atom. The molecule has 1 amide bonds. The molecule has 1 aliphatic rings. The summed E-state index contributed by atoms with van der Waals surface area (Å²) < 4.78 is 7.10. The number of carbonyl (C=O) groups excluding carboxylic acids is 1. The first-order valence-corrected chi connectivity index (χ1v) is 10.1. The molecule has 30 heavy (non-hydrogen) atoms. The molecule has 8 heteroatoms. The Balaban J connectivity index is 1.52. The number of aromatic nitrogens is 4. The summed E-state index contributed by atoms with van der Waals surface area (Å²) in [7, 11) is 0. The predicted octanol–water partition coefficient (Wildman–Crippen LogP) is 2.57. The minimum Gasteiger partial charge on any atom is -0.383 e. The summed E-state index contributed by atoms with van der Waals surface area (Å²) in [5, 5.41) is 8.39. The minimum atomic E-state index is 0.135. The monoisotopic (exact) mass is 406 g/mol. The summed E-state index contributed by atoms with van der Waals surface area (Å²) >= 11 is 0. The fourth-order valence-electron chi connectivity index (χ4n) is 3.41. The molecule has 2 N–H and O–H groups in total. The molecular weight excluding hydrogens is 380 g/mol. The van der Waals surface area contributed by atoms with E-state index in [0.29, 0.717) is 44.2 Å². The Morgan fingerprint density at radius 1 is 1.17 bits per heavy atom. The molecule has 1 aromatic carbocycles. The summed E-state index contributed by atoms with van der Waals surface area (Å²) in [6.45, 7) is 6.64. The maximum absolute atomic E-state index is 12.4. The van der Waals surface area contributed by atoms with Crippen molar-refractivity contribution in [1.82, 2.24) is 24.9 Å². The minimum absolute atomic E-state index is 0.135. The van der Waals surface area contributed by atoms with E-state index in [2.05, 4.69) is 15.3 Å². The zero-order valence-electron chi connectivity index (χ0n) is 17.3. The smallest absolute Gasteiger partial charge is 0.227 e. The van der Waals surface area contributed by atoms with Gasteiger partial charge in [-0.15, -0.1) is 5.10 Å². The SMILES string of the molecule is CC(C)n1cc(-c2cc(-c3ccc(CC(=O)N4CCOCC4)cc3)cnc2N)nn1. The van der Waals surface area contributed by atoms with E-state index in [4.69, 9.17) is 10.5 Å². The maximum atomic E-state index is 12.4. The number of anilines is 1. The van der Waals surface area contributed by atoms with Gasteiger partial charge in [-0.25, -0.2) is 9.67 Å². The Kier molecular flexibility index (Phi) is 5.76. The van der Waals surface area contributed by atoms with E-state index >= 15 is 0 Å². The first kappa shape index (κ1) is 20.0. The van der Waals surface area contributed by atoms with Crippen molar-refractivity contribution < 1.29 is 9.53 Å². The van der Waals surface area contributed by atoms with Gasteiger partial charge >= 0.3 is 0 Å². The summed E-state index contributed by atoms with van der Waals surface area (Å²) in [4.78, 5) is 18.6. The molecular formula is C22H26N6O2. The summed E-state index contributed by atoms with van der Waals surface area (Å²) in [5.41, 5.74) is 10.5. The molecule has 0 spiro atoms. The highest BCUT2D eigenvalue weighted by atomic mass is 16.5. The largest absolute Gasteiger partial charge is 0.383 e. The maximum Gasteiger partial charge on any atom is 0.227 e. The lowest BCUT2D eigenvalue weighted by atomic mass is 10.0. The number of hydrogen-bond acceptors (Lipinski definition) is 6. The molecule has 3 heterocycles. The Morgan fingerprint density at radius 3 is 2.57 bits per heavy atom. The lowest BCUT2D eigenvalue weighted by molar-refractivity contribution is -0.134. The van der Waals surface area contributed by atoms with Gasteiger partial charge in [0, 0.05) is 36.5 Å². The van der Waals surface area contributed by atoms with Gasteiger partial charge < -0.3 is 15.4 Å². The van der Waals surface area contributed by atoms with Crippen molar-refractivity contribution in [3.63, 3.8) is 0 Å². The van der Waals surface area contributed by atoms with Crippen LogP contribution in [-0.2, 0) is 16.0 Å². The molecule has 1 aliphatic heterocycles. The van der Waals surface area contributed by atoms with Crippen molar-refractivity contribution in [3.8, 4) is 22.4 Å². The topological polar surface area (TPSA) is 99.2 Å². The third-order valence-corrected chi connectivity index (χ3v) is 5.24. The number of morpholine rings is 1. The van der Waals surface area contributed by atoms with Gasteiger partial charge in [0.1, 0.15) is 11.5 Å². The average Bonchev–Trinajstić information content (AvgIpc) is 3.26. The molecule has 8 nitrogen and oxygen atoms in total. The van der Waals surface area contributed by atoms with E-state index in [0.717, 1.165) is 22.3 Å². The number of amides is 1. The number of ether oxygens (including phenoxy) is 1. The van der Waals surface area contributed by atoms with Crippen LogP contribution in [0.2, 0.25) is 0 Å². The molecule has 1 saturated heterocycles. The van der Waals surface area contributed by atoms with Crippen LogP contribution in [0.4, 0.5) is 5.82 Å². The van der Waals surface area contributed by atoms with Crippen molar-refractivity contribution >= 4 is 11.7 Å². The lowest BCUT2D eigenvalue weighted by Gasteiger charge is -2.26. The normalized spacial score (nSPS) is 14.3. The highest BCUT2D eigenvalue weighted by molar-refractivity contribution is 5.80. The predicted molar refractivity (Wildman–Crippen MR) is 115 cm³/mol. The van der Waals surface area contributed by atoms with E-state index in [1.54, 1.807) is 10.9 Å². The molecule has 0 radical (unpaired) electrons. The number of nitrogen functional groups attached to an aromatic ring is 1. The Hall–Kier alpha value is -3.26. The fourth-order valence-corrected chi connectivity index (χ4v) is 3.41. The van der Waals surface area contributed by atoms with Gasteiger partial charge in [0.2, 0.25) is 5.91 Å². The molecule has 156 valence electrons. The van der Waals surface area contributed by atoms with E-state index in [9.17, 15) is 4.79 Å². The van der Waals surface area contributed by atoms with E-state index in [1.165, 1.54) is 0 Å². The van der Waals surface area contributed by atoms with Crippen LogP contribution in [0.3, 0.4) is 0 Å². The zero-order chi connectivity index (χ0) is 21.1. The Labute approximate surface area is 175 Å². The lowest BCUT2D eigenvalue weighted by Crippen LogP contribution is -2.41. The number of rotatable bonds is 5. The first-order valence-electron chi connectivity index (χ1n) is 10.1. The molecule has 0 saturated carbocycles. The van der Waals surface area contributed by atoms with Crippen LogP contribution in [0.25, 0.3) is 22.4 Å². The van der Waals surface area contributed by atoms with Crippen molar-refractivity contribution in [2.75, 3.05) is 32.0 Å². The number of nitrogens with zero attached hydrogens (tertiary/aromatic N) is 5. The molecule has 1 fully saturated rings. The van der Waals surface area contributed by atoms with Crippen molar-refractivity contribution in [2.24, 2.45) is 0 Å². The van der Waals surface area contributed by atoms with Crippen LogP contribution in [0, 0.1) is 0 Å². The number of carbonyl (C=O) groups is 1. The number of pyridine rings is 1. The van der Waals surface area contributed by atoms with Crippen LogP contribution in [0.1, 0.15) is 25.5 Å².